The Morgan fingerprint density at radius 2 is 1.71 bits per heavy atom. The van der Waals surface area contributed by atoms with Crippen molar-refractivity contribution in [3.63, 3.8) is 0 Å². The quantitative estimate of drug-likeness (QED) is 0.928. The van der Waals surface area contributed by atoms with Crippen LogP contribution in [0.2, 0.25) is 0 Å². The molecule has 21 heavy (non-hydrogen) atoms. The Balaban J connectivity index is 2.05. The van der Waals surface area contributed by atoms with Crippen molar-refractivity contribution in [2.75, 3.05) is 4.90 Å². The highest BCUT2D eigenvalue weighted by atomic mass is 32.2. The first-order valence-corrected chi connectivity index (χ1v) is 8.61. The standard InChI is InChI=1S/C14H18F2N2O2S/c15-14(16)21(19,20)13-4-2-1-3-12(13)18-10-5-6-11(18)8-9(17)7-10/h1-4,9-11,14H,5-8,17H2. The number of halogens is 2. The van der Waals surface area contributed by atoms with E-state index in [2.05, 4.69) is 0 Å². The number of para-hydroxylation sites is 1. The number of fused-ring (bicyclic) bond motifs is 2. The van der Waals surface area contributed by atoms with Gasteiger partial charge in [0.2, 0.25) is 9.84 Å². The van der Waals surface area contributed by atoms with Gasteiger partial charge in [0.15, 0.2) is 0 Å². The molecule has 0 aliphatic carbocycles. The molecule has 2 unspecified atom stereocenters. The molecule has 0 amide bonds. The number of piperidine rings is 1. The molecule has 2 N–H and O–H groups in total. The minimum absolute atomic E-state index is 0.109. The molecule has 2 aliphatic rings. The summed E-state index contributed by atoms with van der Waals surface area (Å²) in [6, 6.07) is 6.46. The molecule has 7 heteroatoms. The Hall–Kier alpha value is -1.21. The number of benzene rings is 1. The number of nitrogens with zero attached hydrogens (tertiary/aromatic N) is 1. The Morgan fingerprint density at radius 3 is 2.29 bits per heavy atom. The van der Waals surface area contributed by atoms with Crippen molar-refractivity contribution in [2.24, 2.45) is 5.73 Å². The second kappa shape index (κ2) is 5.21. The number of rotatable bonds is 3. The van der Waals surface area contributed by atoms with Gasteiger partial charge in [-0.3, -0.25) is 0 Å². The minimum Gasteiger partial charge on any atom is -0.364 e. The molecule has 0 aromatic heterocycles. The lowest BCUT2D eigenvalue weighted by Crippen LogP contribution is -2.48. The average molecular weight is 316 g/mol. The lowest BCUT2D eigenvalue weighted by Gasteiger charge is -2.40. The number of hydrogen-bond donors (Lipinski definition) is 1. The van der Waals surface area contributed by atoms with E-state index in [1.165, 1.54) is 12.1 Å². The molecule has 2 fully saturated rings. The van der Waals surface area contributed by atoms with Crippen LogP contribution in [0.15, 0.2) is 29.2 Å². The van der Waals surface area contributed by atoms with Crippen molar-refractivity contribution >= 4 is 15.5 Å². The van der Waals surface area contributed by atoms with E-state index in [-0.39, 0.29) is 23.0 Å². The fraction of sp³-hybridized carbons (Fsp3) is 0.571. The molecule has 0 saturated carbocycles. The van der Waals surface area contributed by atoms with Gasteiger partial charge >= 0.3 is 5.76 Å². The van der Waals surface area contributed by atoms with Gasteiger partial charge < -0.3 is 10.6 Å². The van der Waals surface area contributed by atoms with Crippen molar-refractivity contribution in [1.29, 1.82) is 0 Å². The zero-order chi connectivity index (χ0) is 15.2. The first-order chi connectivity index (χ1) is 9.91. The van der Waals surface area contributed by atoms with E-state index in [0.717, 1.165) is 25.7 Å². The summed E-state index contributed by atoms with van der Waals surface area (Å²) in [4.78, 5) is 1.73. The fourth-order valence-corrected chi connectivity index (χ4v) is 4.54. The van der Waals surface area contributed by atoms with Crippen LogP contribution in [0.25, 0.3) is 0 Å². The SMILES string of the molecule is NC1CC2CCC(C1)N2c1ccccc1S(=O)(=O)C(F)F. The molecule has 0 radical (unpaired) electrons. The van der Waals surface area contributed by atoms with E-state index in [1.807, 2.05) is 4.90 Å². The Morgan fingerprint density at radius 1 is 1.14 bits per heavy atom. The topological polar surface area (TPSA) is 63.4 Å². The number of nitrogens with two attached hydrogens (primary N) is 1. The van der Waals surface area contributed by atoms with Crippen LogP contribution in [0.3, 0.4) is 0 Å². The number of anilines is 1. The predicted octanol–water partition coefficient (Wildman–Crippen LogP) is 2.14. The smallest absolute Gasteiger partial charge is 0.341 e. The number of sulfone groups is 1. The van der Waals surface area contributed by atoms with Crippen molar-refractivity contribution in [3.8, 4) is 0 Å². The summed E-state index contributed by atoms with van der Waals surface area (Å²) < 4.78 is 49.6. The Bertz CT molecular complexity index is 622. The van der Waals surface area contributed by atoms with E-state index in [9.17, 15) is 17.2 Å². The van der Waals surface area contributed by atoms with Crippen LogP contribution in [-0.2, 0) is 9.84 Å². The van der Waals surface area contributed by atoms with Gasteiger partial charge in [-0.15, -0.1) is 0 Å². The normalized spacial score (nSPS) is 29.1. The molecule has 116 valence electrons. The van der Waals surface area contributed by atoms with Crippen molar-refractivity contribution in [1.82, 2.24) is 0 Å². The van der Waals surface area contributed by atoms with Gasteiger partial charge in [-0.25, -0.2) is 8.42 Å². The third-order valence-corrected chi connectivity index (χ3v) is 5.88. The maximum atomic E-state index is 12.9. The molecule has 4 nitrogen and oxygen atoms in total. The third-order valence-electron chi connectivity index (χ3n) is 4.45. The second-order valence-electron chi connectivity index (χ2n) is 5.80. The largest absolute Gasteiger partial charge is 0.364 e. The van der Waals surface area contributed by atoms with Crippen molar-refractivity contribution in [3.05, 3.63) is 24.3 Å². The van der Waals surface area contributed by atoms with Gasteiger partial charge in [0.05, 0.1) is 10.6 Å². The number of alkyl halides is 2. The highest BCUT2D eigenvalue weighted by molar-refractivity contribution is 7.91. The lowest BCUT2D eigenvalue weighted by molar-refractivity contribution is 0.234. The predicted molar refractivity (Wildman–Crippen MR) is 76.1 cm³/mol. The Labute approximate surface area is 122 Å². The summed E-state index contributed by atoms with van der Waals surface area (Å²) in [5.74, 6) is -3.40. The first kappa shape index (κ1) is 14.7. The maximum Gasteiger partial charge on any atom is 0.341 e. The first-order valence-electron chi connectivity index (χ1n) is 7.06. The Kier molecular flexibility index (Phi) is 3.65. The molecular formula is C14H18F2N2O2S. The van der Waals surface area contributed by atoms with Gasteiger partial charge in [0, 0.05) is 18.1 Å². The molecular weight excluding hydrogens is 298 g/mol. The van der Waals surface area contributed by atoms with E-state index in [4.69, 9.17) is 5.73 Å². The molecule has 0 spiro atoms. The fourth-order valence-electron chi connectivity index (χ4n) is 3.62. The van der Waals surface area contributed by atoms with Gasteiger partial charge in [-0.2, -0.15) is 8.78 Å². The molecule has 1 aromatic rings. The molecule has 3 rings (SSSR count). The summed E-state index contributed by atoms with van der Waals surface area (Å²) in [6.07, 6.45) is 3.42. The summed E-state index contributed by atoms with van der Waals surface area (Å²) in [6.45, 7) is 0. The van der Waals surface area contributed by atoms with Crippen LogP contribution in [0.4, 0.5) is 14.5 Å². The summed E-state index contributed by atoms with van der Waals surface area (Å²) in [5.41, 5.74) is 6.40. The van der Waals surface area contributed by atoms with E-state index >= 15 is 0 Å². The van der Waals surface area contributed by atoms with Crippen LogP contribution < -0.4 is 10.6 Å². The summed E-state index contributed by atoms with van der Waals surface area (Å²) in [7, 11) is -4.60. The molecule has 2 bridgehead atoms. The van der Waals surface area contributed by atoms with Gasteiger partial charge in [-0.1, -0.05) is 12.1 Å². The zero-order valence-electron chi connectivity index (χ0n) is 11.5. The zero-order valence-corrected chi connectivity index (χ0v) is 12.3. The van der Waals surface area contributed by atoms with Crippen molar-refractivity contribution in [2.45, 2.75) is 54.5 Å². The van der Waals surface area contributed by atoms with Crippen LogP contribution in [0.5, 0.6) is 0 Å². The average Bonchev–Trinajstić information content (AvgIpc) is 2.70. The van der Waals surface area contributed by atoms with Gasteiger partial charge in [-0.05, 0) is 37.8 Å². The van der Waals surface area contributed by atoms with E-state index in [0.29, 0.717) is 5.69 Å². The van der Waals surface area contributed by atoms with Gasteiger partial charge in [0.1, 0.15) is 0 Å². The third kappa shape index (κ3) is 2.42. The van der Waals surface area contributed by atoms with Crippen molar-refractivity contribution < 1.29 is 17.2 Å². The molecule has 2 atom stereocenters. The van der Waals surface area contributed by atoms with Gasteiger partial charge in [0.25, 0.3) is 0 Å². The second-order valence-corrected chi connectivity index (χ2v) is 7.68. The lowest BCUT2D eigenvalue weighted by atomic mass is 9.97. The molecule has 1 aromatic carbocycles. The van der Waals surface area contributed by atoms with E-state index < -0.39 is 15.6 Å². The van der Waals surface area contributed by atoms with Crippen LogP contribution in [0, 0.1) is 0 Å². The molecule has 2 saturated heterocycles. The highest BCUT2D eigenvalue weighted by Gasteiger charge is 2.42. The van der Waals surface area contributed by atoms with Crippen LogP contribution >= 0.6 is 0 Å². The summed E-state index contributed by atoms with van der Waals surface area (Å²) >= 11 is 0. The molecule has 2 heterocycles. The summed E-state index contributed by atoms with van der Waals surface area (Å²) in [5, 5.41) is 0. The van der Waals surface area contributed by atoms with Crippen LogP contribution in [0.1, 0.15) is 25.7 Å². The van der Waals surface area contributed by atoms with Crippen LogP contribution in [-0.4, -0.2) is 32.3 Å². The minimum atomic E-state index is -4.60. The van der Waals surface area contributed by atoms with E-state index in [1.54, 1.807) is 12.1 Å². The monoisotopic (exact) mass is 316 g/mol. The molecule has 2 aliphatic heterocycles. The highest BCUT2D eigenvalue weighted by Crippen LogP contribution is 2.41. The maximum absolute atomic E-state index is 12.9. The number of hydrogen-bond acceptors (Lipinski definition) is 4.